The molecule has 0 N–H and O–H groups in total. The summed E-state index contributed by atoms with van der Waals surface area (Å²) in [5.74, 6) is 0.490. The minimum Gasteiger partial charge on any atom is -0.321 e. The van der Waals surface area contributed by atoms with Crippen LogP contribution in [0.15, 0.2) is 58.3 Å². The van der Waals surface area contributed by atoms with Gasteiger partial charge in [-0.25, -0.2) is 9.37 Å². The van der Waals surface area contributed by atoms with Gasteiger partial charge in [-0.3, -0.25) is 9.98 Å². The quantitative estimate of drug-likeness (QED) is 0.534. The van der Waals surface area contributed by atoms with Crippen LogP contribution in [0.1, 0.15) is 38.6 Å². The number of aromatic nitrogens is 2. The summed E-state index contributed by atoms with van der Waals surface area (Å²) in [6, 6.07) is 5.02. The summed E-state index contributed by atoms with van der Waals surface area (Å²) in [6.45, 7) is 11.1. The highest BCUT2D eigenvalue weighted by Crippen LogP contribution is 2.40. The number of hydrogen-bond acceptors (Lipinski definition) is 3. The smallest absolute Gasteiger partial charge is 0.144 e. The van der Waals surface area contributed by atoms with Crippen LogP contribution in [0.3, 0.4) is 0 Å². The van der Waals surface area contributed by atoms with Crippen molar-refractivity contribution in [1.29, 1.82) is 0 Å². The Kier molecular flexibility index (Phi) is 4.74. The normalized spacial score (nSPS) is 16.4. The van der Waals surface area contributed by atoms with Crippen LogP contribution in [0.5, 0.6) is 0 Å². The van der Waals surface area contributed by atoms with Crippen LogP contribution in [0, 0.1) is 5.82 Å². The predicted octanol–water partition coefficient (Wildman–Crippen LogP) is 5.10. The van der Waals surface area contributed by atoms with Gasteiger partial charge in [-0.15, -0.1) is 0 Å². The standard InChI is InChI=1S/C20H21FN4/c1-5-13(2)11-23-12-17(14(3)22-4)20-24-18-9-6-15(21)10-19(18)25(20)16-7-8-16/h5-6,9-12,16H,1,4,7-8H2,2-3H3/b13-11+,17-14-,23-12-. The predicted molar refractivity (Wildman–Crippen MR) is 103 cm³/mol. The van der Waals surface area contributed by atoms with Gasteiger partial charge in [0.05, 0.1) is 16.6 Å². The maximum Gasteiger partial charge on any atom is 0.144 e. The molecule has 4 nitrogen and oxygen atoms in total. The molecule has 1 aromatic heterocycles. The van der Waals surface area contributed by atoms with E-state index in [1.807, 2.05) is 13.8 Å². The Morgan fingerprint density at radius 3 is 2.76 bits per heavy atom. The first-order valence-corrected chi connectivity index (χ1v) is 8.23. The van der Waals surface area contributed by atoms with Gasteiger partial charge in [0.15, 0.2) is 0 Å². The maximum atomic E-state index is 13.7. The number of aliphatic imine (C=N–C) groups is 2. The van der Waals surface area contributed by atoms with Crippen molar-refractivity contribution in [2.75, 3.05) is 0 Å². The Morgan fingerprint density at radius 1 is 1.36 bits per heavy atom. The van der Waals surface area contributed by atoms with Gasteiger partial charge in [-0.1, -0.05) is 12.7 Å². The molecule has 25 heavy (non-hydrogen) atoms. The van der Waals surface area contributed by atoms with Crippen LogP contribution in [-0.2, 0) is 0 Å². The second-order valence-corrected chi connectivity index (χ2v) is 6.18. The van der Waals surface area contributed by atoms with Gasteiger partial charge in [0.25, 0.3) is 0 Å². The van der Waals surface area contributed by atoms with E-state index < -0.39 is 0 Å². The molecule has 0 radical (unpaired) electrons. The zero-order valence-corrected chi connectivity index (χ0v) is 14.5. The van der Waals surface area contributed by atoms with Crippen LogP contribution in [0.4, 0.5) is 4.39 Å². The zero-order valence-electron chi connectivity index (χ0n) is 14.5. The molecule has 5 heteroatoms. The average Bonchev–Trinajstić information content (AvgIpc) is 3.38. The molecule has 0 amide bonds. The van der Waals surface area contributed by atoms with E-state index in [-0.39, 0.29) is 5.82 Å². The lowest BCUT2D eigenvalue weighted by Crippen LogP contribution is -2.03. The Labute approximate surface area is 146 Å². The SMILES string of the molecule is C=C/C(C)=C/N=C\C(=C(/C)N=C)c1nc2ccc(F)cc2n1C1CC1. The number of allylic oxidation sites excluding steroid dienone is 4. The van der Waals surface area contributed by atoms with Crippen LogP contribution >= 0.6 is 0 Å². The van der Waals surface area contributed by atoms with Crippen molar-refractivity contribution in [3.8, 4) is 0 Å². The molecule has 0 saturated heterocycles. The van der Waals surface area contributed by atoms with Gasteiger partial charge in [0.2, 0.25) is 0 Å². The number of benzene rings is 1. The Morgan fingerprint density at radius 2 is 2.12 bits per heavy atom. The fourth-order valence-electron chi connectivity index (χ4n) is 2.64. The number of rotatable bonds is 6. The van der Waals surface area contributed by atoms with Gasteiger partial charge in [0.1, 0.15) is 11.6 Å². The molecule has 1 aliphatic carbocycles. The number of hydrogen-bond donors (Lipinski definition) is 0. The molecule has 0 atom stereocenters. The van der Waals surface area contributed by atoms with E-state index in [4.69, 9.17) is 4.98 Å². The first-order valence-electron chi connectivity index (χ1n) is 8.23. The number of halogens is 1. The molecule has 3 rings (SSSR count). The van der Waals surface area contributed by atoms with Crippen molar-refractivity contribution in [3.63, 3.8) is 0 Å². The molecule has 0 unspecified atom stereocenters. The Bertz CT molecular complexity index is 927. The van der Waals surface area contributed by atoms with Crippen molar-refractivity contribution in [1.82, 2.24) is 9.55 Å². The van der Waals surface area contributed by atoms with E-state index in [1.54, 1.807) is 24.6 Å². The highest BCUT2D eigenvalue weighted by molar-refractivity contribution is 6.10. The second kappa shape index (κ2) is 6.97. The van der Waals surface area contributed by atoms with Gasteiger partial charge in [-0.05, 0) is 57.2 Å². The maximum absolute atomic E-state index is 13.7. The average molecular weight is 336 g/mol. The van der Waals surface area contributed by atoms with E-state index in [9.17, 15) is 4.39 Å². The van der Waals surface area contributed by atoms with E-state index in [2.05, 4.69) is 27.8 Å². The van der Waals surface area contributed by atoms with Crippen LogP contribution in [0.2, 0.25) is 0 Å². The number of fused-ring (bicyclic) bond motifs is 1. The van der Waals surface area contributed by atoms with Gasteiger partial charge >= 0.3 is 0 Å². The molecule has 128 valence electrons. The van der Waals surface area contributed by atoms with Gasteiger partial charge < -0.3 is 4.57 Å². The Balaban J connectivity index is 2.18. The van der Waals surface area contributed by atoms with Crippen molar-refractivity contribution >= 4 is 29.5 Å². The van der Waals surface area contributed by atoms with Crippen LogP contribution in [0.25, 0.3) is 16.6 Å². The minimum absolute atomic E-state index is 0.261. The lowest BCUT2D eigenvalue weighted by atomic mass is 10.2. The van der Waals surface area contributed by atoms with Gasteiger partial charge in [-0.2, -0.15) is 0 Å². The molecule has 1 aliphatic rings. The highest BCUT2D eigenvalue weighted by Gasteiger charge is 2.29. The number of imidazole rings is 1. The third kappa shape index (κ3) is 3.50. The van der Waals surface area contributed by atoms with E-state index >= 15 is 0 Å². The van der Waals surface area contributed by atoms with Crippen molar-refractivity contribution in [2.45, 2.75) is 32.7 Å². The molecular formula is C20H21FN4. The topological polar surface area (TPSA) is 42.5 Å². The molecule has 1 fully saturated rings. The summed E-state index contributed by atoms with van der Waals surface area (Å²) in [5.41, 5.74) is 4.04. The second-order valence-electron chi connectivity index (χ2n) is 6.18. The highest BCUT2D eigenvalue weighted by atomic mass is 19.1. The minimum atomic E-state index is -0.261. The van der Waals surface area contributed by atoms with Crippen LogP contribution in [-0.4, -0.2) is 22.5 Å². The summed E-state index contributed by atoms with van der Waals surface area (Å²) >= 11 is 0. The van der Waals surface area contributed by atoms with Crippen LogP contribution < -0.4 is 0 Å². The number of nitrogens with zero attached hydrogens (tertiary/aromatic N) is 4. The van der Waals surface area contributed by atoms with E-state index in [1.165, 1.54) is 12.1 Å². The van der Waals surface area contributed by atoms with Crippen molar-refractivity contribution in [2.24, 2.45) is 9.98 Å². The summed E-state index contributed by atoms with van der Waals surface area (Å²) in [5, 5.41) is 0. The largest absolute Gasteiger partial charge is 0.321 e. The molecule has 2 aromatic rings. The third-order valence-electron chi connectivity index (χ3n) is 4.24. The fraction of sp³-hybridized carbons (Fsp3) is 0.250. The van der Waals surface area contributed by atoms with Crippen molar-refractivity contribution in [3.05, 3.63) is 60.0 Å². The lowest BCUT2D eigenvalue weighted by Gasteiger charge is -2.09. The molecule has 1 aromatic carbocycles. The summed E-state index contributed by atoms with van der Waals surface area (Å²) < 4.78 is 15.8. The molecule has 0 spiro atoms. The first kappa shape index (κ1) is 17.0. The summed E-state index contributed by atoms with van der Waals surface area (Å²) in [6.07, 6.45) is 7.33. The first-order chi connectivity index (χ1) is 12.0. The van der Waals surface area contributed by atoms with Crippen molar-refractivity contribution < 1.29 is 4.39 Å². The molecule has 0 aliphatic heterocycles. The zero-order chi connectivity index (χ0) is 18.0. The van der Waals surface area contributed by atoms with E-state index in [0.717, 1.165) is 46.5 Å². The summed E-state index contributed by atoms with van der Waals surface area (Å²) in [7, 11) is 0. The Hall–Kier alpha value is -2.82. The molecule has 1 saturated carbocycles. The molecule has 0 bridgehead atoms. The lowest BCUT2D eigenvalue weighted by molar-refractivity contribution is 0.628. The van der Waals surface area contributed by atoms with Gasteiger partial charge in [0, 0.05) is 24.2 Å². The summed E-state index contributed by atoms with van der Waals surface area (Å²) in [4.78, 5) is 13.1. The molecule has 1 heterocycles. The fourth-order valence-corrected chi connectivity index (χ4v) is 2.64. The van der Waals surface area contributed by atoms with E-state index in [0.29, 0.717) is 6.04 Å². The monoisotopic (exact) mass is 336 g/mol. The third-order valence-corrected chi connectivity index (χ3v) is 4.24. The molecular weight excluding hydrogens is 315 g/mol.